The minimum absolute atomic E-state index is 0.404. The van der Waals surface area contributed by atoms with E-state index < -0.39 is 5.97 Å². The highest BCUT2D eigenvalue weighted by atomic mass is 35.5. The number of methoxy groups -OCH3 is 1. The Balaban J connectivity index is 1.38. The molecule has 8 heteroatoms. The minimum Gasteiger partial charge on any atom is -0.465 e. The van der Waals surface area contributed by atoms with Crippen LogP contribution in [0.3, 0.4) is 0 Å². The van der Waals surface area contributed by atoms with Crippen LogP contribution in [0.1, 0.15) is 34.5 Å². The summed E-state index contributed by atoms with van der Waals surface area (Å²) in [4.78, 5) is 14.8. The van der Waals surface area contributed by atoms with E-state index in [9.17, 15) is 4.79 Å². The van der Waals surface area contributed by atoms with Gasteiger partial charge in [-0.15, -0.1) is 11.3 Å². The van der Waals surface area contributed by atoms with Gasteiger partial charge in [0.05, 0.1) is 12.1 Å². The summed E-state index contributed by atoms with van der Waals surface area (Å²) in [6.45, 7) is 3.38. The van der Waals surface area contributed by atoms with Gasteiger partial charge in [0.2, 0.25) is 0 Å². The number of benzene rings is 2. The maximum atomic E-state index is 11.9. The quantitative estimate of drug-likeness (QED) is 0.343. The molecule has 0 amide bonds. The normalized spacial score (nSPS) is 14.4. The summed E-state index contributed by atoms with van der Waals surface area (Å²) in [7, 11) is 1.35. The second-order valence-corrected chi connectivity index (χ2v) is 9.40. The van der Waals surface area contributed by atoms with Gasteiger partial charge in [-0.1, -0.05) is 30.2 Å². The summed E-state index contributed by atoms with van der Waals surface area (Å²) in [6.07, 6.45) is 3.95. The first-order chi connectivity index (χ1) is 15.0. The number of fused-ring (bicyclic) bond motifs is 1. The van der Waals surface area contributed by atoms with Crippen LogP contribution in [0.5, 0.6) is 0 Å². The van der Waals surface area contributed by atoms with Gasteiger partial charge >= 0.3 is 5.97 Å². The molecule has 0 aliphatic carbocycles. The molecule has 0 atom stereocenters. The number of carbonyl (C=O) groups excluding carboxylic acids is 1. The van der Waals surface area contributed by atoms with E-state index in [1.54, 1.807) is 0 Å². The molecule has 5 nitrogen and oxygen atoms in total. The number of hydrogen-bond acceptors (Lipinski definition) is 5. The largest absolute Gasteiger partial charge is 0.465 e. The van der Waals surface area contributed by atoms with Crippen molar-refractivity contribution in [1.82, 2.24) is 4.90 Å². The highest BCUT2D eigenvalue weighted by Crippen LogP contribution is 2.37. The monoisotopic (exact) mass is 473 g/mol. The highest BCUT2D eigenvalue weighted by molar-refractivity contribution is 7.80. The first-order valence-corrected chi connectivity index (χ1v) is 11.8. The molecule has 0 unspecified atom stereocenters. The van der Waals surface area contributed by atoms with Gasteiger partial charge in [0, 0.05) is 28.0 Å². The molecule has 0 saturated carbocycles. The number of likely N-dealkylation sites (tertiary alicyclic amines) is 1. The third-order valence-corrected chi connectivity index (χ3v) is 7.17. The number of nitrogens with one attached hydrogen (secondary N) is 2. The zero-order chi connectivity index (χ0) is 21.8. The molecule has 0 spiro atoms. The fraction of sp³-hybridized carbons (Fsp3) is 0.304. The zero-order valence-electron chi connectivity index (χ0n) is 17.2. The lowest BCUT2D eigenvalue weighted by atomic mass is 10.1. The van der Waals surface area contributed by atoms with Gasteiger partial charge < -0.3 is 15.4 Å². The average Bonchev–Trinajstić information content (AvgIpc) is 3.11. The van der Waals surface area contributed by atoms with Gasteiger partial charge in [-0.25, -0.2) is 4.79 Å². The number of esters is 1. The summed E-state index contributed by atoms with van der Waals surface area (Å²) < 4.78 is 5.69. The standard InChI is InChI=1S/C23H24ClN3O2S2/c1-29-22(28)21-20(24)18-10-9-17(13-19(18)31-21)26-23(30)25-16-7-5-15(6-8-16)14-27-11-3-2-4-12-27/h5-10,13H,2-4,11-12,14H2,1H3,(H2,25,26,30). The van der Waals surface area contributed by atoms with Crippen molar-refractivity contribution < 1.29 is 9.53 Å². The Morgan fingerprint density at radius 3 is 2.48 bits per heavy atom. The molecular formula is C23H24ClN3O2S2. The molecule has 2 N–H and O–H groups in total. The van der Waals surface area contributed by atoms with Crippen molar-refractivity contribution in [2.45, 2.75) is 25.8 Å². The van der Waals surface area contributed by atoms with E-state index >= 15 is 0 Å². The van der Waals surface area contributed by atoms with E-state index in [1.165, 1.54) is 56.4 Å². The molecule has 0 radical (unpaired) electrons. The van der Waals surface area contributed by atoms with Gasteiger partial charge in [0.15, 0.2) is 5.11 Å². The molecule has 1 saturated heterocycles. The van der Waals surface area contributed by atoms with Gasteiger partial charge in [-0.2, -0.15) is 0 Å². The second-order valence-electron chi connectivity index (χ2n) is 7.56. The lowest BCUT2D eigenvalue weighted by Gasteiger charge is -2.26. The van der Waals surface area contributed by atoms with Crippen molar-refractivity contribution >= 4 is 67.7 Å². The summed E-state index contributed by atoms with van der Waals surface area (Å²) in [5.41, 5.74) is 3.07. The first-order valence-electron chi connectivity index (χ1n) is 10.2. The lowest BCUT2D eigenvalue weighted by Crippen LogP contribution is -2.29. The summed E-state index contributed by atoms with van der Waals surface area (Å²) in [5.74, 6) is -0.429. The SMILES string of the molecule is COC(=O)c1sc2cc(NC(=S)Nc3ccc(CN4CCCCC4)cc3)ccc2c1Cl. The van der Waals surface area contributed by atoms with Crippen LogP contribution in [0.2, 0.25) is 5.02 Å². The Morgan fingerprint density at radius 2 is 1.77 bits per heavy atom. The lowest BCUT2D eigenvalue weighted by molar-refractivity contribution is 0.0606. The number of hydrogen-bond donors (Lipinski definition) is 2. The van der Waals surface area contributed by atoms with Gasteiger partial charge in [0.25, 0.3) is 0 Å². The molecule has 1 aliphatic rings. The predicted octanol–water partition coefficient (Wildman–Crippen LogP) is 6.14. The summed E-state index contributed by atoms with van der Waals surface area (Å²) in [5, 5.41) is 8.16. The third-order valence-electron chi connectivity index (χ3n) is 5.32. The minimum atomic E-state index is -0.429. The van der Waals surface area contributed by atoms with Gasteiger partial charge in [0.1, 0.15) is 4.88 Å². The molecule has 1 aliphatic heterocycles. The van der Waals surface area contributed by atoms with Crippen LogP contribution in [-0.2, 0) is 11.3 Å². The molecule has 1 fully saturated rings. The molecular weight excluding hydrogens is 450 g/mol. The Kier molecular flexibility index (Phi) is 7.07. The van der Waals surface area contributed by atoms with E-state index in [-0.39, 0.29) is 0 Å². The Hall–Kier alpha value is -2.19. The number of anilines is 2. The highest BCUT2D eigenvalue weighted by Gasteiger charge is 2.18. The number of piperidine rings is 1. The van der Waals surface area contributed by atoms with Crippen molar-refractivity contribution in [3.8, 4) is 0 Å². The molecule has 3 aromatic rings. The Labute approximate surface area is 196 Å². The van der Waals surface area contributed by atoms with Crippen LogP contribution in [-0.4, -0.2) is 36.2 Å². The van der Waals surface area contributed by atoms with Crippen LogP contribution < -0.4 is 10.6 Å². The molecule has 1 aromatic heterocycles. The van der Waals surface area contributed by atoms with Crippen molar-refractivity contribution in [2.24, 2.45) is 0 Å². The van der Waals surface area contributed by atoms with Crippen molar-refractivity contribution in [1.29, 1.82) is 0 Å². The number of nitrogens with zero attached hydrogens (tertiary/aromatic N) is 1. The predicted molar refractivity (Wildman–Crippen MR) is 134 cm³/mol. The topological polar surface area (TPSA) is 53.6 Å². The zero-order valence-corrected chi connectivity index (χ0v) is 19.6. The number of thiocarbonyl (C=S) groups is 1. The van der Waals surface area contributed by atoms with Gasteiger partial charge in [-0.3, -0.25) is 4.90 Å². The Morgan fingerprint density at radius 1 is 1.10 bits per heavy atom. The smallest absolute Gasteiger partial charge is 0.349 e. The van der Waals surface area contributed by atoms with Crippen LogP contribution in [0.15, 0.2) is 42.5 Å². The van der Waals surface area contributed by atoms with Crippen molar-refractivity contribution in [3.05, 3.63) is 57.9 Å². The molecule has 31 heavy (non-hydrogen) atoms. The van der Waals surface area contributed by atoms with Crippen LogP contribution in [0.25, 0.3) is 10.1 Å². The maximum absolute atomic E-state index is 11.9. The molecule has 4 rings (SSSR count). The second kappa shape index (κ2) is 9.96. The number of ether oxygens (including phenoxy) is 1. The van der Waals surface area contributed by atoms with E-state index in [0.29, 0.717) is 15.0 Å². The molecule has 0 bridgehead atoms. The average molecular weight is 474 g/mol. The summed E-state index contributed by atoms with van der Waals surface area (Å²) in [6, 6.07) is 14.1. The number of rotatable bonds is 5. The first kappa shape index (κ1) is 22.0. The number of carbonyl (C=O) groups is 1. The molecule has 2 aromatic carbocycles. The fourth-order valence-corrected chi connectivity index (χ4v) is 5.43. The maximum Gasteiger partial charge on any atom is 0.349 e. The number of thiophene rings is 1. The molecule has 2 heterocycles. The number of halogens is 1. The van der Waals surface area contributed by atoms with Crippen LogP contribution >= 0.6 is 35.2 Å². The van der Waals surface area contributed by atoms with Gasteiger partial charge in [-0.05, 0) is 74.0 Å². The van der Waals surface area contributed by atoms with E-state index in [4.69, 9.17) is 28.6 Å². The van der Waals surface area contributed by atoms with E-state index in [1.807, 2.05) is 18.2 Å². The van der Waals surface area contributed by atoms with Crippen molar-refractivity contribution in [2.75, 3.05) is 30.8 Å². The fourth-order valence-electron chi connectivity index (χ4n) is 3.73. The summed E-state index contributed by atoms with van der Waals surface area (Å²) >= 11 is 13.1. The van der Waals surface area contributed by atoms with E-state index in [2.05, 4.69) is 39.8 Å². The molecule has 162 valence electrons. The third kappa shape index (κ3) is 5.36. The van der Waals surface area contributed by atoms with E-state index in [0.717, 1.165) is 28.0 Å². The van der Waals surface area contributed by atoms with Crippen molar-refractivity contribution in [3.63, 3.8) is 0 Å². The van der Waals surface area contributed by atoms with Crippen LogP contribution in [0.4, 0.5) is 11.4 Å². The Bertz CT molecular complexity index is 1090. The van der Waals surface area contributed by atoms with Crippen LogP contribution in [0, 0.1) is 0 Å².